The number of benzene rings is 2. The van der Waals surface area contributed by atoms with Crippen molar-refractivity contribution >= 4 is 16.7 Å². The molecule has 0 spiro atoms. The van der Waals surface area contributed by atoms with Gasteiger partial charge in [-0.25, -0.2) is 0 Å². The summed E-state index contributed by atoms with van der Waals surface area (Å²) in [5.41, 5.74) is 1.19. The van der Waals surface area contributed by atoms with Crippen molar-refractivity contribution in [3.63, 3.8) is 0 Å². The third kappa shape index (κ3) is 4.34. The summed E-state index contributed by atoms with van der Waals surface area (Å²) < 4.78 is 0. The summed E-state index contributed by atoms with van der Waals surface area (Å²) in [6, 6.07) is 14.5. The van der Waals surface area contributed by atoms with E-state index in [1.54, 1.807) is 0 Å². The molecule has 0 aromatic heterocycles. The van der Waals surface area contributed by atoms with Crippen molar-refractivity contribution in [1.29, 1.82) is 0 Å². The molecule has 3 heteroatoms. The first kappa shape index (κ1) is 16.2. The molecule has 19 heavy (non-hydrogen) atoms. The molecule has 2 aromatic rings. The average Bonchev–Trinajstić information content (AvgIpc) is 2.39. The second kappa shape index (κ2) is 7.68. The molecule has 1 atom stereocenters. The van der Waals surface area contributed by atoms with Crippen molar-refractivity contribution in [2.75, 3.05) is 0 Å². The maximum absolute atomic E-state index is 10.9. The predicted octanol–water partition coefficient (Wildman–Crippen LogP) is -0.447. The van der Waals surface area contributed by atoms with Crippen LogP contribution in [0.25, 0.3) is 10.8 Å². The Kier molecular flexibility index (Phi) is 6.56. The topological polar surface area (TPSA) is 40.1 Å². The van der Waals surface area contributed by atoms with Gasteiger partial charge in [0.25, 0.3) is 0 Å². The summed E-state index contributed by atoms with van der Waals surface area (Å²) in [6.07, 6.45) is 2.07. The van der Waals surface area contributed by atoms with Gasteiger partial charge in [0.15, 0.2) is 0 Å². The van der Waals surface area contributed by atoms with Crippen LogP contribution in [0.1, 0.15) is 25.3 Å². The van der Waals surface area contributed by atoms with Crippen molar-refractivity contribution < 1.29 is 39.5 Å². The van der Waals surface area contributed by atoms with Gasteiger partial charge in [-0.3, -0.25) is 0 Å². The summed E-state index contributed by atoms with van der Waals surface area (Å²) >= 11 is 0. The molecule has 0 fully saturated rings. The van der Waals surface area contributed by atoms with Gasteiger partial charge in [-0.15, -0.1) is 0 Å². The maximum Gasteiger partial charge on any atom is 1.00 e. The zero-order chi connectivity index (χ0) is 13.0. The minimum Gasteiger partial charge on any atom is -0.550 e. The van der Waals surface area contributed by atoms with Crippen molar-refractivity contribution in [3.8, 4) is 0 Å². The summed E-state index contributed by atoms with van der Waals surface area (Å²) in [5, 5.41) is 13.3. The quantitative estimate of drug-likeness (QED) is 0.686. The maximum atomic E-state index is 10.9. The van der Waals surface area contributed by atoms with E-state index >= 15 is 0 Å². The minimum atomic E-state index is -0.932. The molecular formula is C16H17NaO2. The molecule has 0 aliphatic heterocycles. The van der Waals surface area contributed by atoms with Crippen LogP contribution in [0.15, 0.2) is 42.5 Å². The van der Waals surface area contributed by atoms with E-state index in [1.165, 1.54) is 16.3 Å². The molecule has 1 unspecified atom stereocenters. The fourth-order valence-corrected chi connectivity index (χ4v) is 2.22. The summed E-state index contributed by atoms with van der Waals surface area (Å²) in [4.78, 5) is 10.9. The van der Waals surface area contributed by atoms with Crippen LogP contribution >= 0.6 is 0 Å². The number of hydrogen-bond donors (Lipinski definition) is 0. The van der Waals surface area contributed by atoms with E-state index in [0.717, 1.165) is 6.42 Å². The molecule has 94 valence electrons. The van der Waals surface area contributed by atoms with Gasteiger partial charge >= 0.3 is 29.6 Å². The van der Waals surface area contributed by atoms with Crippen LogP contribution in [0.2, 0.25) is 0 Å². The van der Waals surface area contributed by atoms with E-state index in [0.29, 0.717) is 12.8 Å². The first-order valence-electron chi connectivity index (χ1n) is 6.39. The molecule has 0 aliphatic carbocycles. The number of carboxylic acid groups (broad SMARTS) is 1. The molecule has 0 heterocycles. The second-order valence-electron chi connectivity index (χ2n) is 4.64. The SMILES string of the molecule is CCC(CCc1ccc2ccccc2c1)C(=O)[O-].[Na+]. The number of fused-ring (bicyclic) bond motifs is 1. The summed E-state index contributed by atoms with van der Waals surface area (Å²) in [7, 11) is 0. The van der Waals surface area contributed by atoms with Crippen LogP contribution < -0.4 is 34.7 Å². The number of rotatable bonds is 5. The van der Waals surface area contributed by atoms with Gasteiger partial charge in [-0.1, -0.05) is 49.4 Å². The van der Waals surface area contributed by atoms with E-state index in [2.05, 4.69) is 30.3 Å². The van der Waals surface area contributed by atoms with Gasteiger partial charge in [0.05, 0.1) is 0 Å². The molecule has 0 bridgehead atoms. The van der Waals surface area contributed by atoms with Gasteiger partial charge in [0.1, 0.15) is 0 Å². The third-order valence-corrected chi connectivity index (χ3v) is 3.42. The van der Waals surface area contributed by atoms with Gasteiger partial charge in [-0.2, -0.15) is 0 Å². The standard InChI is InChI=1S/C16H18O2.Na/c1-2-13(16(17)18)9-7-12-8-10-14-5-3-4-6-15(14)11-12;/h3-6,8,10-11,13H,2,7,9H2,1H3,(H,17,18);/q;+1/p-1. The second-order valence-corrected chi connectivity index (χ2v) is 4.64. The number of carbonyl (C=O) groups is 1. The number of aliphatic carboxylic acids is 1. The fraction of sp³-hybridized carbons (Fsp3) is 0.312. The molecule has 0 aliphatic rings. The number of aryl methyl sites for hydroxylation is 1. The van der Waals surface area contributed by atoms with Crippen LogP contribution in [-0.4, -0.2) is 5.97 Å². The van der Waals surface area contributed by atoms with E-state index in [1.807, 2.05) is 19.1 Å². The largest absolute Gasteiger partial charge is 1.00 e. The Morgan fingerprint density at radius 2 is 1.84 bits per heavy atom. The Morgan fingerprint density at radius 3 is 2.47 bits per heavy atom. The normalized spacial score (nSPS) is 11.8. The van der Waals surface area contributed by atoms with Crippen LogP contribution in [-0.2, 0) is 11.2 Å². The van der Waals surface area contributed by atoms with E-state index in [9.17, 15) is 9.90 Å². The van der Waals surface area contributed by atoms with Crippen LogP contribution in [0, 0.1) is 5.92 Å². The van der Waals surface area contributed by atoms with E-state index < -0.39 is 5.97 Å². The molecule has 0 saturated heterocycles. The Labute approximate surface area is 136 Å². The average molecular weight is 264 g/mol. The number of hydrogen-bond acceptors (Lipinski definition) is 2. The van der Waals surface area contributed by atoms with Crippen LogP contribution in [0.3, 0.4) is 0 Å². The first-order chi connectivity index (χ1) is 8.70. The van der Waals surface area contributed by atoms with E-state index in [4.69, 9.17) is 0 Å². The molecular weight excluding hydrogens is 247 g/mol. The smallest absolute Gasteiger partial charge is 0.550 e. The van der Waals surface area contributed by atoms with E-state index in [-0.39, 0.29) is 35.5 Å². The first-order valence-corrected chi connectivity index (χ1v) is 6.39. The van der Waals surface area contributed by atoms with Gasteiger partial charge in [-0.05, 0) is 41.5 Å². The van der Waals surface area contributed by atoms with Gasteiger partial charge in [0.2, 0.25) is 0 Å². The fourth-order valence-electron chi connectivity index (χ4n) is 2.22. The Bertz CT molecular complexity index is 551. The van der Waals surface area contributed by atoms with Crippen LogP contribution in [0.5, 0.6) is 0 Å². The van der Waals surface area contributed by atoms with Crippen LogP contribution in [0.4, 0.5) is 0 Å². The zero-order valence-corrected chi connectivity index (χ0v) is 13.6. The summed E-state index contributed by atoms with van der Waals surface area (Å²) in [5.74, 6) is -1.27. The Hall–Kier alpha value is -0.830. The Morgan fingerprint density at radius 1 is 1.16 bits per heavy atom. The third-order valence-electron chi connectivity index (χ3n) is 3.42. The monoisotopic (exact) mass is 264 g/mol. The van der Waals surface area contributed by atoms with Gasteiger partial charge < -0.3 is 9.90 Å². The molecule has 2 rings (SSSR count). The molecule has 0 amide bonds. The van der Waals surface area contributed by atoms with Gasteiger partial charge in [0, 0.05) is 5.97 Å². The number of carbonyl (C=O) groups excluding carboxylic acids is 1. The molecule has 0 radical (unpaired) electrons. The van der Waals surface area contributed by atoms with Crippen molar-refractivity contribution in [2.45, 2.75) is 26.2 Å². The predicted molar refractivity (Wildman–Crippen MR) is 71.1 cm³/mol. The summed E-state index contributed by atoms with van der Waals surface area (Å²) in [6.45, 7) is 1.89. The molecule has 2 nitrogen and oxygen atoms in total. The Balaban J connectivity index is 0.00000180. The number of carboxylic acids is 1. The molecule has 2 aromatic carbocycles. The zero-order valence-electron chi connectivity index (χ0n) is 11.6. The van der Waals surface area contributed by atoms with Crippen molar-refractivity contribution in [1.82, 2.24) is 0 Å². The molecule has 0 N–H and O–H groups in total. The molecule has 0 saturated carbocycles. The van der Waals surface area contributed by atoms with Crippen molar-refractivity contribution in [2.24, 2.45) is 5.92 Å². The van der Waals surface area contributed by atoms with Crippen molar-refractivity contribution in [3.05, 3.63) is 48.0 Å². The minimum absolute atomic E-state index is 0.